The maximum absolute atomic E-state index is 13.4. The highest BCUT2D eigenvalue weighted by Crippen LogP contribution is 2.37. The molecule has 0 saturated heterocycles. The summed E-state index contributed by atoms with van der Waals surface area (Å²) >= 11 is 0. The standard InChI is InChI=1S/C27H27N3O/c1-17-13-15-20(16-14-17)23(27(31)30(4)5)26-25(28-22-12-7-6-9-18(22)2)21-11-8-10-19(3)24(21)29-26/h6-16,29H,1-5H3/b26-23+,28-25?. The van der Waals surface area contributed by atoms with Gasteiger partial charge in [0.1, 0.15) is 0 Å². The molecule has 0 aliphatic carbocycles. The van der Waals surface area contributed by atoms with Crippen molar-refractivity contribution in [2.45, 2.75) is 20.8 Å². The molecule has 0 spiro atoms. The first-order chi connectivity index (χ1) is 14.9. The fraction of sp³-hybridized carbons (Fsp3) is 0.185. The van der Waals surface area contributed by atoms with Gasteiger partial charge in [-0.05, 0) is 43.5 Å². The van der Waals surface area contributed by atoms with Crippen LogP contribution in [-0.2, 0) is 4.79 Å². The SMILES string of the molecule is Cc1ccc(/C(C(=O)N(C)C)=C2\Nc3c(C)cccc3C2=Nc2ccccc2C)cc1. The van der Waals surface area contributed by atoms with Gasteiger partial charge in [-0.1, -0.05) is 66.2 Å². The number of hydrogen-bond acceptors (Lipinski definition) is 3. The summed E-state index contributed by atoms with van der Waals surface area (Å²) in [4.78, 5) is 20.1. The maximum Gasteiger partial charge on any atom is 0.256 e. The van der Waals surface area contributed by atoms with Gasteiger partial charge in [-0.25, -0.2) is 4.99 Å². The monoisotopic (exact) mass is 409 g/mol. The second-order valence-electron chi connectivity index (χ2n) is 8.18. The number of rotatable bonds is 3. The summed E-state index contributed by atoms with van der Waals surface area (Å²) in [6.45, 7) is 6.16. The Kier molecular flexibility index (Phi) is 5.47. The van der Waals surface area contributed by atoms with E-state index in [1.54, 1.807) is 19.0 Å². The Labute approximate surface area is 184 Å². The highest BCUT2D eigenvalue weighted by atomic mass is 16.2. The van der Waals surface area contributed by atoms with Crippen molar-refractivity contribution in [2.75, 3.05) is 19.4 Å². The number of aryl methyl sites for hydroxylation is 3. The van der Waals surface area contributed by atoms with Crippen LogP contribution in [0.15, 0.2) is 77.4 Å². The molecule has 4 nitrogen and oxygen atoms in total. The molecule has 0 bridgehead atoms. The van der Waals surface area contributed by atoms with Crippen molar-refractivity contribution in [1.82, 2.24) is 4.90 Å². The molecule has 0 aromatic heterocycles. The second-order valence-corrected chi connectivity index (χ2v) is 8.18. The largest absolute Gasteiger partial charge is 0.352 e. The van der Waals surface area contributed by atoms with Gasteiger partial charge in [-0.15, -0.1) is 0 Å². The number of benzene rings is 3. The topological polar surface area (TPSA) is 44.7 Å². The number of nitrogens with one attached hydrogen (secondary N) is 1. The van der Waals surface area contributed by atoms with Crippen LogP contribution in [-0.4, -0.2) is 30.6 Å². The van der Waals surface area contributed by atoms with E-state index >= 15 is 0 Å². The van der Waals surface area contributed by atoms with Crippen LogP contribution in [0.25, 0.3) is 5.57 Å². The van der Waals surface area contributed by atoms with Crippen molar-refractivity contribution in [1.29, 1.82) is 0 Å². The zero-order valence-corrected chi connectivity index (χ0v) is 18.7. The highest BCUT2D eigenvalue weighted by molar-refractivity contribution is 6.34. The third-order valence-corrected chi connectivity index (χ3v) is 5.57. The van der Waals surface area contributed by atoms with Gasteiger partial charge in [0.25, 0.3) is 5.91 Å². The second kappa shape index (κ2) is 8.23. The highest BCUT2D eigenvalue weighted by Gasteiger charge is 2.31. The Morgan fingerprint density at radius 2 is 1.52 bits per heavy atom. The predicted molar refractivity (Wildman–Crippen MR) is 129 cm³/mol. The number of fused-ring (bicyclic) bond motifs is 1. The van der Waals surface area contributed by atoms with E-state index in [2.05, 4.69) is 24.4 Å². The van der Waals surface area contributed by atoms with E-state index < -0.39 is 0 Å². The molecule has 31 heavy (non-hydrogen) atoms. The number of likely N-dealkylation sites (N-methyl/N-ethyl adjacent to an activating group) is 1. The Balaban J connectivity index is 2.03. The van der Waals surface area contributed by atoms with Gasteiger partial charge < -0.3 is 10.2 Å². The first-order valence-corrected chi connectivity index (χ1v) is 10.4. The molecule has 1 N–H and O–H groups in total. The molecule has 4 rings (SSSR count). The molecule has 1 aliphatic rings. The lowest BCUT2D eigenvalue weighted by atomic mass is 9.98. The molecule has 0 atom stereocenters. The summed E-state index contributed by atoms with van der Waals surface area (Å²) in [6, 6.07) is 22.3. The minimum Gasteiger partial charge on any atom is -0.352 e. The van der Waals surface area contributed by atoms with Crippen LogP contribution in [0.4, 0.5) is 11.4 Å². The lowest BCUT2D eigenvalue weighted by Crippen LogP contribution is -2.25. The van der Waals surface area contributed by atoms with Gasteiger partial charge in [0, 0.05) is 19.7 Å². The average Bonchev–Trinajstić information content (AvgIpc) is 3.10. The summed E-state index contributed by atoms with van der Waals surface area (Å²) in [5, 5.41) is 3.54. The van der Waals surface area contributed by atoms with Crippen molar-refractivity contribution in [3.05, 3.63) is 100 Å². The number of allylic oxidation sites excluding steroid dienone is 1. The van der Waals surface area contributed by atoms with Crippen molar-refractivity contribution in [3.8, 4) is 0 Å². The van der Waals surface area contributed by atoms with Gasteiger partial charge in [-0.2, -0.15) is 0 Å². The Bertz CT molecular complexity index is 1220. The van der Waals surface area contributed by atoms with Gasteiger partial charge in [0.05, 0.1) is 28.4 Å². The van der Waals surface area contributed by atoms with Crippen LogP contribution in [0.1, 0.15) is 27.8 Å². The van der Waals surface area contributed by atoms with Crippen LogP contribution in [0.3, 0.4) is 0 Å². The van der Waals surface area contributed by atoms with Crippen LogP contribution in [0.2, 0.25) is 0 Å². The third-order valence-electron chi connectivity index (χ3n) is 5.57. The van der Waals surface area contributed by atoms with Gasteiger partial charge in [0.15, 0.2) is 0 Å². The molecule has 1 amide bonds. The smallest absolute Gasteiger partial charge is 0.256 e. The Morgan fingerprint density at radius 3 is 2.19 bits per heavy atom. The average molecular weight is 410 g/mol. The molecule has 0 fully saturated rings. The summed E-state index contributed by atoms with van der Waals surface area (Å²) in [5.74, 6) is -0.0608. The fourth-order valence-corrected chi connectivity index (χ4v) is 3.77. The minimum atomic E-state index is -0.0608. The number of anilines is 1. The fourth-order valence-electron chi connectivity index (χ4n) is 3.77. The lowest BCUT2D eigenvalue weighted by Gasteiger charge is -2.17. The van der Waals surface area contributed by atoms with Crippen molar-refractivity contribution >= 4 is 28.6 Å². The molecule has 1 aliphatic heterocycles. The lowest BCUT2D eigenvalue weighted by molar-refractivity contribution is -0.122. The molecule has 1 heterocycles. The summed E-state index contributed by atoms with van der Waals surface area (Å²) in [7, 11) is 3.56. The van der Waals surface area contributed by atoms with E-state index in [-0.39, 0.29) is 5.91 Å². The number of nitrogens with zero attached hydrogens (tertiary/aromatic N) is 2. The van der Waals surface area contributed by atoms with Crippen molar-refractivity contribution in [2.24, 2.45) is 4.99 Å². The van der Waals surface area contributed by atoms with Gasteiger partial charge >= 0.3 is 0 Å². The number of hydrogen-bond donors (Lipinski definition) is 1. The van der Waals surface area contributed by atoms with E-state index in [1.807, 2.05) is 68.4 Å². The van der Waals surface area contributed by atoms with E-state index in [0.29, 0.717) is 5.57 Å². The molecular weight excluding hydrogens is 382 g/mol. The molecule has 0 saturated carbocycles. The zero-order chi connectivity index (χ0) is 22.1. The number of aliphatic imine (C=N–C) groups is 1. The molecule has 3 aromatic rings. The van der Waals surface area contributed by atoms with Crippen LogP contribution < -0.4 is 5.32 Å². The molecular formula is C27H27N3O. The maximum atomic E-state index is 13.4. The van der Waals surface area contributed by atoms with E-state index in [0.717, 1.165) is 50.6 Å². The number of para-hydroxylation sites is 2. The predicted octanol–water partition coefficient (Wildman–Crippen LogP) is 5.66. The first-order valence-electron chi connectivity index (χ1n) is 10.4. The third kappa shape index (κ3) is 3.89. The molecule has 156 valence electrons. The van der Waals surface area contributed by atoms with Crippen LogP contribution in [0, 0.1) is 20.8 Å². The molecule has 0 radical (unpaired) electrons. The number of amides is 1. The summed E-state index contributed by atoms with van der Waals surface area (Å²) in [5.41, 5.74) is 9.29. The summed E-state index contributed by atoms with van der Waals surface area (Å²) in [6.07, 6.45) is 0. The van der Waals surface area contributed by atoms with Crippen molar-refractivity contribution in [3.63, 3.8) is 0 Å². The quantitative estimate of drug-likeness (QED) is 0.568. The van der Waals surface area contributed by atoms with Crippen molar-refractivity contribution < 1.29 is 4.79 Å². The Hall–Kier alpha value is -3.66. The van der Waals surface area contributed by atoms with E-state index in [1.165, 1.54) is 0 Å². The molecule has 4 heteroatoms. The zero-order valence-electron chi connectivity index (χ0n) is 18.7. The van der Waals surface area contributed by atoms with Crippen LogP contribution in [0.5, 0.6) is 0 Å². The normalized spacial score (nSPS) is 15.5. The van der Waals surface area contributed by atoms with Crippen LogP contribution >= 0.6 is 0 Å². The Morgan fingerprint density at radius 1 is 0.839 bits per heavy atom. The van der Waals surface area contributed by atoms with Gasteiger partial charge in [0.2, 0.25) is 0 Å². The molecule has 3 aromatic carbocycles. The summed E-state index contributed by atoms with van der Waals surface area (Å²) < 4.78 is 0. The van der Waals surface area contributed by atoms with E-state index in [4.69, 9.17) is 4.99 Å². The molecule has 0 unspecified atom stereocenters. The van der Waals surface area contributed by atoms with Gasteiger partial charge in [-0.3, -0.25) is 4.79 Å². The number of carbonyl (C=O) groups excluding carboxylic acids is 1. The minimum absolute atomic E-state index is 0.0608. The first kappa shape index (κ1) is 20.6. The number of carbonyl (C=O) groups is 1. The van der Waals surface area contributed by atoms with E-state index in [9.17, 15) is 4.79 Å².